The summed E-state index contributed by atoms with van der Waals surface area (Å²) >= 11 is 0. The van der Waals surface area contributed by atoms with Crippen LogP contribution in [0.15, 0.2) is 48.6 Å². The fourth-order valence-corrected chi connectivity index (χ4v) is 5.29. The van der Waals surface area contributed by atoms with E-state index in [9.17, 15) is 15.0 Å². The fourth-order valence-electron chi connectivity index (χ4n) is 5.29. The molecule has 0 saturated carbocycles. The fraction of sp³-hybridized carbons (Fsp3) is 0.400. The molecule has 2 aliphatic heterocycles. The number of benzene rings is 2. The minimum Gasteiger partial charge on any atom is -0.508 e. The average Bonchev–Trinajstić information content (AvgIpc) is 3.08. The van der Waals surface area contributed by atoms with E-state index in [0.29, 0.717) is 0 Å². The van der Waals surface area contributed by atoms with Gasteiger partial charge in [-0.2, -0.15) is 0 Å². The summed E-state index contributed by atoms with van der Waals surface area (Å²) in [5, 5.41) is 23.7. The van der Waals surface area contributed by atoms with Crippen LogP contribution in [0.5, 0.6) is 11.5 Å². The molecule has 5 rings (SSSR count). The van der Waals surface area contributed by atoms with Gasteiger partial charge in [-0.1, -0.05) is 25.0 Å². The number of nitrogens with one attached hydrogen (secondary N) is 1. The van der Waals surface area contributed by atoms with Crippen LogP contribution in [0.25, 0.3) is 0 Å². The number of anilines is 1. The van der Waals surface area contributed by atoms with Crippen LogP contribution in [-0.4, -0.2) is 34.1 Å². The molecular weight excluding hydrogens is 376 g/mol. The van der Waals surface area contributed by atoms with Gasteiger partial charge < -0.3 is 20.4 Å². The molecule has 3 atom stereocenters. The topological polar surface area (TPSA) is 72.8 Å². The molecule has 3 aliphatic rings. The summed E-state index contributed by atoms with van der Waals surface area (Å²) in [6, 6.07) is 10.7. The number of carbonyl (C=O) groups excluding carboxylic acids is 1. The van der Waals surface area contributed by atoms with Crippen LogP contribution < -0.4 is 5.32 Å². The Bertz CT molecular complexity index is 992. The van der Waals surface area contributed by atoms with E-state index in [1.54, 1.807) is 12.1 Å². The summed E-state index contributed by atoms with van der Waals surface area (Å²) in [5.74, 6) is 0.768. The van der Waals surface area contributed by atoms with E-state index in [0.717, 1.165) is 54.7 Å². The minimum atomic E-state index is -0.0507. The molecule has 3 unspecified atom stereocenters. The summed E-state index contributed by atoms with van der Waals surface area (Å²) < 4.78 is 0. The Hall–Kier alpha value is -2.95. The van der Waals surface area contributed by atoms with Crippen LogP contribution in [0, 0.1) is 5.92 Å². The van der Waals surface area contributed by atoms with E-state index >= 15 is 0 Å². The van der Waals surface area contributed by atoms with E-state index in [1.807, 2.05) is 17.0 Å². The molecule has 0 radical (unpaired) electrons. The second kappa shape index (κ2) is 7.71. The Balaban J connectivity index is 1.47. The molecule has 2 heterocycles. The third kappa shape index (κ3) is 3.32. The number of fused-ring (bicyclic) bond motifs is 3. The van der Waals surface area contributed by atoms with Crippen molar-refractivity contribution in [2.45, 2.75) is 44.1 Å². The van der Waals surface area contributed by atoms with Gasteiger partial charge in [-0.15, -0.1) is 0 Å². The lowest BCUT2D eigenvalue weighted by molar-refractivity contribution is 0.0761. The SMILES string of the molecule is O=C(c1ccc2c(c1)C1C=CCC1C(c1ccc(O)cc1O)N2)N1CCCCCC1. The van der Waals surface area contributed by atoms with Gasteiger partial charge in [-0.05, 0) is 61.1 Å². The van der Waals surface area contributed by atoms with Crippen molar-refractivity contribution < 1.29 is 15.0 Å². The highest BCUT2D eigenvalue weighted by Gasteiger charge is 2.39. The van der Waals surface area contributed by atoms with Crippen molar-refractivity contribution in [2.24, 2.45) is 5.92 Å². The predicted octanol–water partition coefficient (Wildman–Crippen LogP) is 4.94. The summed E-state index contributed by atoms with van der Waals surface area (Å²) in [6.45, 7) is 1.70. The second-order valence-corrected chi connectivity index (χ2v) is 8.73. The summed E-state index contributed by atoms with van der Waals surface area (Å²) in [4.78, 5) is 15.1. The van der Waals surface area contributed by atoms with Gasteiger partial charge >= 0.3 is 0 Å². The van der Waals surface area contributed by atoms with Gasteiger partial charge in [-0.3, -0.25) is 4.79 Å². The zero-order valence-corrected chi connectivity index (χ0v) is 17.1. The minimum absolute atomic E-state index is 0.0507. The van der Waals surface area contributed by atoms with E-state index in [4.69, 9.17) is 0 Å². The van der Waals surface area contributed by atoms with Crippen molar-refractivity contribution in [1.29, 1.82) is 0 Å². The molecule has 0 aromatic heterocycles. The lowest BCUT2D eigenvalue weighted by Gasteiger charge is -2.38. The lowest BCUT2D eigenvalue weighted by atomic mass is 9.76. The first-order valence-corrected chi connectivity index (χ1v) is 11.0. The molecule has 2 aromatic carbocycles. The number of allylic oxidation sites excluding steroid dienone is 2. The van der Waals surface area contributed by atoms with Gasteiger partial charge in [0.25, 0.3) is 5.91 Å². The van der Waals surface area contributed by atoms with E-state index in [1.165, 1.54) is 18.9 Å². The molecule has 1 fully saturated rings. The smallest absolute Gasteiger partial charge is 0.253 e. The van der Waals surface area contributed by atoms with Gasteiger partial charge in [0.05, 0.1) is 6.04 Å². The van der Waals surface area contributed by atoms with Crippen molar-refractivity contribution in [2.75, 3.05) is 18.4 Å². The Morgan fingerprint density at radius 1 is 0.967 bits per heavy atom. The maximum Gasteiger partial charge on any atom is 0.253 e. The van der Waals surface area contributed by atoms with Crippen molar-refractivity contribution >= 4 is 11.6 Å². The molecule has 1 saturated heterocycles. The van der Waals surface area contributed by atoms with Gasteiger partial charge in [0.1, 0.15) is 11.5 Å². The number of likely N-dealkylation sites (tertiary alicyclic amines) is 1. The summed E-state index contributed by atoms with van der Waals surface area (Å²) in [7, 11) is 0. The molecule has 1 amide bonds. The molecule has 156 valence electrons. The first-order chi connectivity index (χ1) is 14.6. The zero-order valence-electron chi connectivity index (χ0n) is 17.1. The Kier molecular flexibility index (Phi) is 4.89. The Labute approximate surface area is 177 Å². The molecule has 0 spiro atoms. The lowest BCUT2D eigenvalue weighted by Crippen LogP contribution is -2.33. The van der Waals surface area contributed by atoms with Crippen molar-refractivity contribution in [1.82, 2.24) is 4.90 Å². The predicted molar refractivity (Wildman–Crippen MR) is 117 cm³/mol. The zero-order chi connectivity index (χ0) is 20.7. The summed E-state index contributed by atoms with van der Waals surface area (Å²) in [5.41, 5.74) is 3.72. The van der Waals surface area contributed by atoms with Gasteiger partial charge in [0, 0.05) is 41.9 Å². The highest BCUT2D eigenvalue weighted by molar-refractivity contribution is 5.95. The number of rotatable bonds is 2. The number of nitrogens with zero attached hydrogens (tertiary/aromatic N) is 1. The van der Waals surface area contributed by atoms with E-state index in [2.05, 4.69) is 23.5 Å². The molecular formula is C25H28N2O3. The van der Waals surface area contributed by atoms with Gasteiger partial charge in [0.15, 0.2) is 0 Å². The number of hydrogen-bond acceptors (Lipinski definition) is 4. The van der Waals surface area contributed by atoms with Crippen molar-refractivity contribution in [3.63, 3.8) is 0 Å². The second-order valence-electron chi connectivity index (χ2n) is 8.73. The number of carbonyl (C=O) groups is 1. The number of phenols is 2. The van der Waals surface area contributed by atoms with Crippen LogP contribution in [0.4, 0.5) is 5.69 Å². The van der Waals surface area contributed by atoms with Crippen LogP contribution in [-0.2, 0) is 0 Å². The molecule has 5 nitrogen and oxygen atoms in total. The van der Waals surface area contributed by atoms with Crippen LogP contribution in [0.3, 0.4) is 0 Å². The van der Waals surface area contributed by atoms with E-state index < -0.39 is 0 Å². The quantitative estimate of drug-likeness (QED) is 0.620. The molecule has 3 N–H and O–H groups in total. The average molecular weight is 405 g/mol. The van der Waals surface area contributed by atoms with Gasteiger partial charge in [0.2, 0.25) is 0 Å². The third-order valence-electron chi connectivity index (χ3n) is 6.85. The van der Waals surface area contributed by atoms with Crippen LogP contribution >= 0.6 is 0 Å². The first kappa shape index (κ1) is 19.0. The number of amides is 1. The van der Waals surface area contributed by atoms with Crippen LogP contribution in [0.1, 0.15) is 65.5 Å². The maximum atomic E-state index is 13.1. The third-order valence-corrected chi connectivity index (χ3v) is 6.85. The molecule has 1 aliphatic carbocycles. The van der Waals surface area contributed by atoms with Gasteiger partial charge in [-0.25, -0.2) is 0 Å². The molecule has 5 heteroatoms. The largest absolute Gasteiger partial charge is 0.508 e. The molecule has 2 aromatic rings. The number of aromatic hydroxyl groups is 2. The maximum absolute atomic E-state index is 13.1. The molecule has 0 bridgehead atoms. The normalized spacial score (nSPS) is 25.2. The Morgan fingerprint density at radius 2 is 1.77 bits per heavy atom. The standard InChI is InChI=1S/C25H28N2O3/c28-17-9-10-20(23(29)15-17)24-19-7-5-6-18(19)21-14-16(8-11-22(21)26-24)25(30)27-12-3-1-2-4-13-27/h5-6,8-11,14-15,18-19,24,26,28-29H,1-4,7,12-13H2. The number of phenolic OH excluding ortho intramolecular Hbond substituents is 2. The monoisotopic (exact) mass is 404 g/mol. The number of hydrogen-bond donors (Lipinski definition) is 3. The van der Waals surface area contributed by atoms with Crippen molar-refractivity contribution in [3.8, 4) is 11.5 Å². The summed E-state index contributed by atoms with van der Waals surface area (Å²) in [6.07, 6.45) is 9.92. The highest BCUT2D eigenvalue weighted by Crippen LogP contribution is 2.51. The van der Waals surface area contributed by atoms with Crippen molar-refractivity contribution in [3.05, 3.63) is 65.2 Å². The molecule has 30 heavy (non-hydrogen) atoms. The van der Waals surface area contributed by atoms with Crippen LogP contribution in [0.2, 0.25) is 0 Å². The highest BCUT2D eigenvalue weighted by atomic mass is 16.3. The Morgan fingerprint density at radius 3 is 2.53 bits per heavy atom. The van der Waals surface area contributed by atoms with E-state index in [-0.39, 0.29) is 35.3 Å². The first-order valence-electron chi connectivity index (χ1n) is 11.0.